The summed E-state index contributed by atoms with van der Waals surface area (Å²) < 4.78 is 15.0. The average Bonchev–Trinajstić information content (AvgIpc) is 2.92. The van der Waals surface area contributed by atoms with Crippen LogP contribution < -0.4 is 5.73 Å². The Morgan fingerprint density at radius 2 is 2.19 bits per heavy atom. The molecule has 0 atom stereocenters. The molecule has 21 heavy (non-hydrogen) atoms. The maximum atomic E-state index is 14.3. The van der Waals surface area contributed by atoms with Gasteiger partial charge in [-0.15, -0.1) is 0 Å². The molecule has 0 aliphatic rings. The van der Waals surface area contributed by atoms with Gasteiger partial charge in [0.1, 0.15) is 10.8 Å². The van der Waals surface area contributed by atoms with Crippen LogP contribution in [0.25, 0.3) is 10.9 Å². The molecule has 0 aliphatic carbocycles. The predicted molar refractivity (Wildman–Crippen MR) is 88.9 cm³/mol. The van der Waals surface area contributed by atoms with Gasteiger partial charge in [0.05, 0.1) is 5.69 Å². The summed E-state index contributed by atoms with van der Waals surface area (Å²) in [5.41, 5.74) is 8.39. The first-order valence-electron chi connectivity index (χ1n) is 6.25. The molecule has 0 unspecified atom stereocenters. The Kier molecular flexibility index (Phi) is 3.73. The minimum Gasteiger partial charge on any atom is -0.388 e. The van der Waals surface area contributed by atoms with Gasteiger partial charge in [-0.05, 0) is 45.8 Å². The first kappa shape index (κ1) is 14.2. The number of benzene rings is 1. The van der Waals surface area contributed by atoms with E-state index < -0.39 is 0 Å². The van der Waals surface area contributed by atoms with E-state index in [1.165, 1.54) is 6.07 Å². The van der Waals surface area contributed by atoms with E-state index >= 15 is 0 Å². The number of halogens is 2. The number of pyridine rings is 1. The molecule has 0 fully saturated rings. The molecule has 1 aromatic carbocycles. The van der Waals surface area contributed by atoms with Crippen LogP contribution in [-0.4, -0.2) is 15.0 Å². The molecule has 0 aliphatic heterocycles. The van der Waals surface area contributed by atoms with E-state index in [9.17, 15) is 4.39 Å². The Hall–Kier alpha value is -1.79. The number of nitrogens with two attached hydrogens (primary N) is 1. The third kappa shape index (κ3) is 2.69. The number of hydrogen-bond acceptors (Lipinski definition) is 2. The molecule has 2 aromatic heterocycles. The van der Waals surface area contributed by atoms with Gasteiger partial charge in [0.25, 0.3) is 0 Å². The highest BCUT2D eigenvalue weighted by atomic mass is 79.9. The van der Waals surface area contributed by atoms with Gasteiger partial charge in [-0.25, -0.2) is 4.39 Å². The SMILES string of the molecule is NC(=S)c1cc(Cc2c(F)cc3[nH]ccc3c2Br)ccn1. The molecule has 3 nitrogen and oxygen atoms in total. The molecule has 0 radical (unpaired) electrons. The summed E-state index contributed by atoms with van der Waals surface area (Å²) in [6.45, 7) is 0. The van der Waals surface area contributed by atoms with Crippen molar-refractivity contribution in [1.29, 1.82) is 0 Å². The summed E-state index contributed by atoms with van der Waals surface area (Å²) in [7, 11) is 0. The topological polar surface area (TPSA) is 54.7 Å². The second-order valence-corrected chi connectivity index (χ2v) is 5.91. The molecule has 3 rings (SSSR count). The minimum absolute atomic E-state index is 0.234. The van der Waals surface area contributed by atoms with Crippen molar-refractivity contribution in [1.82, 2.24) is 9.97 Å². The molecule has 0 bridgehead atoms. The lowest BCUT2D eigenvalue weighted by atomic mass is 10.0. The van der Waals surface area contributed by atoms with Crippen LogP contribution in [0.3, 0.4) is 0 Å². The summed E-state index contributed by atoms with van der Waals surface area (Å²) in [6.07, 6.45) is 3.85. The van der Waals surface area contributed by atoms with Crippen LogP contribution in [0.4, 0.5) is 4.39 Å². The molecule has 0 amide bonds. The van der Waals surface area contributed by atoms with Crippen molar-refractivity contribution in [3.63, 3.8) is 0 Å². The smallest absolute Gasteiger partial charge is 0.129 e. The fourth-order valence-corrected chi connectivity index (χ4v) is 3.05. The average molecular weight is 364 g/mol. The second-order valence-electron chi connectivity index (χ2n) is 4.68. The number of fused-ring (bicyclic) bond motifs is 1. The first-order valence-corrected chi connectivity index (χ1v) is 7.45. The number of hydrogen-bond donors (Lipinski definition) is 2. The van der Waals surface area contributed by atoms with Gasteiger partial charge in [-0.1, -0.05) is 12.2 Å². The number of nitrogens with zero attached hydrogens (tertiary/aromatic N) is 1. The first-order chi connectivity index (χ1) is 10.1. The number of H-pyrrole nitrogens is 1. The van der Waals surface area contributed by atoms with E-state index in [1.54, 1.807) is 18.5 Å². The fourth-order valence-electron chi connectivity index (χ4n) is 2.26. The summed E-state index contributed by atoms with van der Waals surface area (Å²) in [5.74, 6) is -0.259. The Morgan fingerprint density at radius 3 is 2.95 bits per heavy atom. The van der Waals surface area contributed by atoms with Crippen LogP contribution in [0, 0.1) is 5.82 Å². The lowest BCUT2D eigenvalue weighted by molar-refractivity contribution is 0.614. The number of nitrogens with one attached hydrogen (secondary N) is 1. The van der Waals surface area contributed by atoms with Crippen molar-refractivity contribution in [2.45, 2.75) is 6.42 Å². The normalized spacial score (nSPS) is 11.0. The van der Waals surface area contributed by atoms with E-state index in [0.29, 0.717) is 17.7 Å². The largest absolute Gasteiger partial charge is 0.388 e. The minimum atomic E-state index is -0.259. The summed E-state index contributed by atoms with van der Waals surface area (Å²) >= 11 is 8.41. The Balaban J connectivity index is 2.05. The highest BCUT2D eigenvalue weighted by Crippen LogP contribution is 2.31. The van der Waals surface area contributed by atoms with Crippen molar-refractivity contribution in [2.75, 3.05) is 0 Å². The summed E-state index contributed by atoms with van der Waals surface area (Å²) in [5, 5.41) is 0.954. The van der Waals surface area contributed by atoms with E-state index in [0.717, 1.165) is 20.9 Å². The lowest BCUT2D eigenvalue weighted by Gasteiger charge is -2.09. The van der Waals surface area contributed by atoms with E-state index in [-0.39, 0.29) is 10.8 Å². The maximum absolute atomic E-state index is 14.3. The van der Waals surface area contributed by atoms with Crippen molar-refractivity contribution >= 4 is 44.0 Å². The molecule has 3 aromatic rings. The highest BCUT2D eigenvalue weighted by Gasteiger charge is 2.13. The van der Waals surface area contributed by atoms with E-state index in [1.807, 2.05) is 12.1 Å². The number of rotatable bonds is 3. The zero-order valence-corrected chi connectivity index (χ0v) is 13.3. The van der Waals surface area contributed by atoms with Crippen LogP contribution in [0.5, 0.6) is 0 Å². The van der Waals surface area contributed by atoms with Crippen LogP contribution >= 0.6 is 28.1 Å². The predicted octanol–water partition coefficient (Wildman–Crippen LogP) is 3.69. The Bertz CT molecular complexity index is 844. The van der Waals surface area contributed by atoms with Gasteiger partial charge < -0.3 is 10.7 Å². The number of aromatic amines is 1. The van der Waals surface area contributed by atoms with Crippen LogP contribution in [0.2, 0.25) is 0 Å². The van der Waals surface area contributed by atoms with Gasteiger partial charge in [0.2, 0.25) is 0 Å². The zero-order chi connectivity index (χ0) is 15.0. The highest BCUT2D eigenvalue weighted by molar-refractivity contribution is 9.10. The molecule has 2 heterocycles. The molecule has 0 spiro atoms. The van der Waals surface area contributed by atoms with Crippen molar-refractivity contribution < 1.29 is 4.39 Å². The molecule has 6 heteroatoms. The Labute approximate surface area is 134 Å². The molecule has 106 valence electrons. The van der Waals surface area contributed by atoms with Gasteiger partial charge >= 0.3 is 0 Å². The van der Waals surface area contributed by atoms with E-state index in [4.69, 9.17) is 18.0 Å². The summed E-state index contributed by atoms with van der Waals surface area (Å²) in [4.78, 5) is 7.33. The van der Waals surface area contributed by atoms with Crippen LogP contribution in [-0.2, 0) is 6.42 Å². The van der Waals surface area contributed by atoms with Crippen LogP contribution in [0.15, 0.2) is 41.1 Å². The molecule has 3 N–H and O–H groups in total. The second kappa shape index (κ2) is 5.54. The fraction of sp³-hybridized carbons (Fsp3) is 0.0667. The van der Waals surface area contributed by atoms with Gasteiger partial charge in [-0.2, -0.15) is 0 Å². The number of aromatic nitrogens is 2. The molecular weight excluding hydrogens is 353 g/mol. The van der Waals surface area contributed by atoms with Gasteiger partial charge in [0.15, 0.2) is 0 Å². The monoisotopic (exact) mass is 363 g/mol. The molecular formula is C15H11BrFN3S. The third-order valence-electron chi connectivity index (χ3n) is 3.30. The van der Waals surface area contributed by atoms with Crippen molar-refractivity contribution in [2.24, 2.45) is 5.73 Å². The van der Waals surface area contributed by atoms with Gasteiger partial charge in [-0.3, -0.25) is 4.98 Å². The van der Waals surface area contributed by atoms with Crippen molar-refractivity contribution in [3.8, 4) is 0 Å². The standard InChI is InChI=1S/C15H11BrFN3S/c16-14-9-2-4-19-12(9)7-11(17)10(14)5-8-1-3-20-13(6-8)15(18)21/h1-4,6-7,19H,5H2,(H2,18,21). The summed E-state index contributed by atoms with van der Waals surface area (Å²) in [6, 6.07) is 7.03. The molecule has 0 saturated heterocycles. The van der Waals surface area contributed by atoms with Crippen LogP contribution in [0.1, 0.15) is 16.8 Å². The van der Waals surface area contributed by atoms with Gasteiger partial charge in [0, 0.05) is 39.8 Å². The lowest BCUT2D eigenvalue weighted by Crippen LogP contribution is -2.11. The Morgan fingerprint density at radius 1 is 1.38 bits per heavy atom. The molecule has 0 saturated carbocycles. The quantitative estimate of drug-likeness (QED) is 0.697. The third-order valence-corrected chi connectivity index (χ3v) is 4.41. The van der Waals surface area contributed by atoms with E-state index in [2.05, 4.69) is 25.9 Å². The zero-order valence-electron chi connectivity index (χ0n) is 10.9. The van der Waals surface area contributed by atoms with Crippen molar-refractivity contribution in [3.05, 3.63) is 63.8 Å². The number of thiocarbonyl (C=S) groups is 1. The maximum Gasteiger partial charge on any atom is 0.129 e.